The van der Waals surface area contributed by atoms with Crippen LogP contribution in [0.3, 0.4) is 0 Å². The Morgan fingerprint density at radius 2 is 2.18 bits per heavy atom. The molecule has 0 spiro atoms. The molecule has 1 aromatic heterocycles. The zero-order chi connectivity index (χ0) is 12.8. The second-order valence-electron chi connectivity index (χ2n) is 4.01. The van der Waals surface area contributed by atoms with E-state index in [1.807, 2.05) is 6.92 Å². The molecule has 0 aliphatic rings. The van der Waals surface area contributed by atoms with Crippen molar-refractivity contribution in [2.24, 2.45) is 0 Å². The summed E-state index contributed by atoms with van der Waals surface area (Å²) in [6.07, 6.45) is 0.400. The first-order valence-corrected chi connectivity index (χ1v) is 6.37. The summed E-state index contributed by atoms with van der Waals surface area (Å²) in [4.78, 5) is 6.54. The van der Waals surface area contributed by atoms with Crippen molar-refractivity contribution < 1.29 is 4.74 Å². The van der Waals surface area contributed by atoms with Gasteiger partial charge >= 0.3 is 0 Å². The fourth-order valence-corrected chi connectivity index (χ4v) is 2.26. The smallest absolute Gasteiger partial charge is 0.205 e. The zero-order valence-corrected chi connectivity index (χ0v) is 11.5. The monoisotopic (exact) mass is 254 g/mol. The summed E-state index contributed by atoms with van der Waals surface area (Å²) in [6.45, 7) is 6.77. The van der Waals surface area contributed by atoms with E-state index in [9.17, 15) is 0 Å². The molecule has 0 amide bonds. The number of nitrogens with zero attached hydrogens (tertiary/aromatic N) is 4. The van der Waals surface area contributed by atoms with Crippen LogP contribution in [0.1, 0.15) is 39.1 Å². The Kier molecular flexibility index (Phi) is 5.32. The lowest BCUT2D eigenvalue weighted by Gasteiger charge is -2.24. The highest BCUT2D eigenvalue weighted by molar-refractivity contribution is 7.09. The van der Waals surface area contributed by atoms with Gasteiger partial charge in [0.1, 0.15) is 6.10 Å². The Morgan fingerprint density at radius 1 is 1.47 bits per heavy atom. The maximum Gasteiger partial charge on any atom is 0.205 e. The molecule has 0 N–H and O–H groups in total. The third kappa shape index (κ3) is 3.65. The fraction of sp³-hybridized carbons (Fsp3) is 0.727. The van der Waals surface area contributed by atoms with E-state index in [1.54, 1.807) is 7.11 Å². The molecule has 1 unspecified atom stereocenters. The van der Waals surface area contributed by atoms with Crippen LogP contribution in [0.25, 0.3) is 0 Å². The fourth-order valence-electron chi connectivity index (χ4n) is 1.36. The van der Waals surface area contributed by atoms with Gasteiger partial charge in [0.15, 0.2) is 5.82 Å². The molecule has 6 heteroatoms. The summed E-state index contributed by atoms with van der Waals surface area (Å²) in [6, 6.07) is 2.46. The lowest BCUT2D eigenvalue weighted by Crippen LogP contribution is -2.31. The van der Waals surface area contributed by atoms with Gasteiger partial charge in [-0.2, -0.15) is 9.64 Å². The first-order chi connectivity index (χ1) is 8.10. The van der Waals surface area contributed by atoms with Crippen LogP contribution in [0, 0.1) is 11.3 Å². The minimum Gasteiger partial charge on any atom is -0.374 e. The number of hydrogen-bond acceptors (Lipinski definition) is 6. The largest absolute Gasteiger partial charge is 0.374 e. The summed E-state index contributed by atoms with van der Waals surface area (Å²) < 4.78 is 9.46. The van der Waals surface area contributed by atoms with Gasteiger partial charge in [-0.05, 0) is 20.8 Å². The van der Waals surface area contributed by atoms with Crippen LogP contribution in [0.15, 0.2) is 0 Å². The Morgan fingerprint density at radius 3 is 2.71 bits per heavy atom. The second-order valence-corrected chi connectivity index (χ2v) is 4.74. The Balaban J connectivity index is 2.81. The van der Waals surface area contributed by atoms with Crippen LogP contribution in [-0.4, -0.2) is 29.1 Å². The van der Waals surface area contributed by atoms with Crippen molar-refractivity contribution in [1.29, 1.82) is 5.26 Å². The molecule has 0 aromatic carbocycles. The molecule has 0 saturated heterocycles. The highest BCUT2D eigenvalue weighted by Crippen LogP contribution is 2.23. The van der Waals surface area contributed by atoms with Crippen LogP contribution >= 0.6 is 11.5 Å². The van der Waals surface area contributed by atoms with E-state index in [-0.39, 0.29) is 6.10 Å². The van der Waals surface area contributed by atoms with Crippen LogP contribution in [0.5, 0.6) is 0 Å². The van der Waals surface area contributed by atoms with Gasteiger partial charge in [-0.25, -0.2) is 4.98 Å². The first-order valence-electron chi connectivity index (χ1n) is 5.60. The lowest BCUT2D eigenvalue weighted by molar-refractivity contribution is 0.113. The summed E-state index contributed by atoms with van der Waals surface area (Å²) in [5.41, 5.74) is 0. The molecular weight excluding hydrogens is 236 g/mol. The van der Waals surface area contributed by atoms with Crippen molar-refractivity contribution in [1.82, 2.24) is 9.36 Å². The van der Waals surface area contributed by atoms with E-state index >= 15 is 0 Å². The minimum atomic E-state index is -0.0926. The van der Waals surface area contributed by atoms with Crippen molar-refractivity contribution in [2.45, 2.75) is 39.3 Å². The molecule has 0 aliphatic heterocycles. The van der Waals surface area contributed by atoms with Crippen molar-refractivity contribution >= 4 is 16.7 Å². The molecule has 0 fully saturated rings. The predicted octanol–water partition coefficient (Wildman–Crippen LogP) is 2.37. The topological polar surface area (TPSA) is 62.0 Å². The van der Waals surface area contributed by atoms with Crippen LogP contribution in [0.2, 0.25) is 0 Å². The second kappa shape index (κ2) is 6.52. The summed E-state index contributed by atoms with van der Waals surface area (Å²) >= 11 is 1.36. The van der Waals surface area contributed by atoms with E-state index in [2.05, 4.69) is 34.2 Å². The number of anilines is 1. The summed E-state index contributed by atoms with van der Waals surface area (Å²) in [7, 11) is 1.64. The number of nitriles is 1. The van der Waals surface area contributed by atoms with Gasteiger partial charge in [0, 0.05) is 31.2 Å². The van der Waals surface area contributed by atoms with Gasteiger partial charge in [0.2, 0.25) is 5.13 Å². The van der Waals surface area contributed by atoms with E-state index in [1.165, 1.54) is 11.5 Å². The van der Waals surface area contributed by atoms with Crippen LogP contribution in [0.4, 0.5) is 5.13 Å². The van der Waals surface area contributed by atoms with E-state index in [0.29, 0.717) is 24.8 Å². The highest BCUT2D eigenvalue weighted by atomic mass is 32.1. The molecule has 0 aliphatic carbocycles. The van der Waals surface area contributed by atoms with Gasteiger partial charge in [0.05, 0.1) is 12.5 Å². The third-order valence-electron chi connectivity index (χ3n) is 2.48. The van der Waals surface area contributed by atoms with E-state index < -0.39 is 0 Å². The molecule has 17 heavy (non-hydrogen) atoms. The normalized spacial score (nSPS) is 12.5. The minimum absolute atomic E-state index is 0.0926. The van der Waals surface area contributed by atoms with Gasteiger partial charge < -0.3 is 9.64 Å². The maximum atomic E-state index is 8.65. The van der Waals surface area contributed by atoms with Gasteiger partial charge in [-0.15, -0.1) is 0 Å². The molecule has 1 heterocycles. The molecule has 0 saturated carbocycles. The SMILES string of the molecule is COC(C)c1nsc(N(CCC#N)C(C)C)n1. The molecule has 1 aromatic rings. The standard InChI is InChI=1S/C11H18N4OS/c1-8(2)15(7-5-6-12)11-13-10(14-17-11)9(3)16-4/h8-9H,5,7H2,1-4H3. The zero-order valence-electron chi connectivity index (χ0n) is 10.7. The summed E-state index contributed by atoms with van der Waals surface area (Å²) in [5, 5.41) is 9.50. The van der Waals surface area contributed by atoms with E-state index in [0.717, 1.165) is 5.13 Å². The maximum absolute atomic E-state index is 8.65. The number of aromatic nitrogens is 2. The first kappa shape index (κ1) is 13.9. The Bertz CT molecular complexity index is 385. The van der Waals surface area contributed by atoms with Crippen molar-refractivity contribution in [3.05, 3.63) is 5.82 Å². The van der Waals surface area contributed by atoms with Gasteiger partial charge in [0.25, 0.3) is 0 Å². The summed E-state index contributed by atoms with van der Waals surface area (Å²) in [5.74, 6) is 0.704. The van der Waals surface area contributed by atoms with Crippen molar-refractivity contribution in [2.75, 3.05) is 18.6 Å². The Labute approximate surface area is 106 Å². The lowest BCUT2D eigenvalue weighted by atomic mass is 10.3. The number of rotatable bonds is 6. The number of ether oxygens (including phenoxy) is 1. The molecule has 0 radical (unpaired) electrons. The average Bonchev–Trinajstić information content (AvgIpc) is 2.77. The van der Waals surface area contributed by atoms with Crippen LogP contribution < -0.4 is 4.90 Å². The molecule has 5 nitrogen and oxygen atoms in total. The number of methoxy groups -OCH3 is 1. The van der Waals surface area contributed by atoms with Crippen molar-refractivity contribution in [3.63, 3.8) is 0 Å². The van der Waals surface area contributed by atoms with E-state index in [4.69, 9.17) is 10.00 Å². The van der Waals surface area contributed by atoms with Crippen molar-refractivity contribution in [3.8, 4) is 6.07 Å². The highest BCUT2D eigenvalue weighted by Gasteiger charge is 2.17. The molecule has 1 rings (SSSR count). The average molecular weight is 254 g/mol. The van der Waals surface area contributed by atoms with Crippen LogP contribution in [-0.2, 0) is 4.74 Å². The predicted molar refractivity (Wildman–Crippen MR) is 68.0 cm³/mol. The Hall–Kier alpha value is -1.19. The van der Waals surface area contributed by atoms with Gasteiger partial charge in [-0.1, -0.05) is 0 Å². The molecule has 94 valence electrons. The van der Waals surface area contributed by atoms with Gasteiger partial charge in [-0.3, -0.25) is 0 Å². The quantitative estimate of drug-likeness (QED) is 0.780. The molecular formula is C11H18N4OS. The molecule has 0 bridgehead atoms. The molecule has 1 atom stereocenters. The third-order valence-corrected chi connectivity index (χ3v) is 3.25. The number of hydrogen-bond donors (Lipinski definition) is 0.